The van der Waals surface area contributed by atoms with Crippen LogP contribution in [0.25, 0.3) is 0 Å². The zero-order valence-electron chi connectivity index (χ0n) is 9.61. The number of nitrogens with zero attached hydrogens (tertiary/aromatic N) is 1. The molecule has 0 radical (unpaired) electrons. The van der Waals surface area contributed by atoms with Gasteiger partial charge in [0.05, 0.1) is 10.8 Å². The second kappa shape index (κ2) is 6.36. The lowest BCUT2D eigenvalue weighted by molar-refractivity contribution is 0.0949. The Kier molecular flexibility index (Phi) is 5.37. The van der Waals surface area contributed by atoms with Crippen molar-refractivity contribution in [1.82, 2.24) is 10.3 Å². The number of amides is 1. The van der Waals surface area contributed by atoms with E-state index in [-0.39, 0.29) is 28.2 Å². The highest BCUT2D eigenvalue weighted by Crippen LogP contribution is 2.16. The summed E-state index contributed by atoms with van der Waals surface area (Å²) in [6.45, 7) is 0.233. The summed E-state index contributed by atoms with van der Waals surface area (Å²) in [6.07, 6.45) is 1.48. The molecule has 0 atom stereocenters. The van der Waals surface area contributed by atoms with Gasteiger partial charge in [0, 0.05) is 12.8 Å². The quantitative estimate of drug-likeness (QED) is 0.661. The molecule has 1 N–H and O–H groups in total. The summed E-state index contributed by atoms with van der Waals surface area (Å²) < 4.78 is 21.8. The van der Waals surface area contributed by atoms with Crippen molar-refractivity contribution in [3.63, 3.8) is 0 Å². The highest BCUT2D eigenvalue weighted by atomic mass is 35.5. The summed E-state index contributed by atoms with van der Waals surface area (Å²) in [5.74, 6) is -0.458. The van der Waals surface area contributed by atoms with E-state index in [0.717, 1.165) is 6.26 Å². The number of carbonyl (C=O) groups is 1. The molecule has 1 aromatic heterocycles. The van der Waals surface area contributed by atoms with Crippen molar-refractivity contribution in [2.75, 3.05) is 18.6 Å². The van der Waals surface area contributed by atoms with E-state index in [1.54, 1.807) is 0 Å². The van der Waals surface area contributed by atoms with Crippen LogP contribution in [0.3, 0.4) is 0 Å². The van der Waals surface area contributed by atoms with Gasteiger partial charge in [0.15, 0.2) is 0 Å². The normalized spacial score (nSPS) is 11.3. The number of sulfone groups is 1. The van der Waals surface area contributed by atoms with Crippen LogP contribution in [0.15, 0.2) is 12.1 Å². The molecule has 100 valence electrons. The first kappa shape index (κ1) is 15.2. The van der Waals surface area contributed by atoms with Crippen molar-refractivity contribution in [3.05, 3.63) is 28.0 Å². The average molecular weight is 311 g/mol. The van der Waals surface area contributed by atoms with Crippen LogP contribution in [-0.4, -0.2) is 37.9 Å². The summed E-state index contributed by atoms with van der Waals surface area (Å²) in [4.78, 5) is 15.5. The highest BCUT2D eigenvalue weighted by molar-refractivity contribution is 7.90. The van der Waals surface area contributed by atoms with Crippen LogP contribution in [-0.2, 0) is 9.84 Å². The van der Waals surface area contributed by atoms with E-state index in [1.807, 2.05) is 0 Å². The summed E-state index contributed by atoms with van der Waals surface area (Å²) in [7, 11) is -3.02. The minimum Gasteiger partial charge on any atom is -0.351 e. The maximum Gasteiger partial charge on any atom is 0.271 e. The third kappa shape index (κ3) is 5.20. The van der Waals surface area contributed by atoms with Gasteiger partial charge in [-0.15, -0.1) is 0 Å². The fourth-order valence-corrected chi connectivity index (χ4v) is 2.20. The molecule has 0 saturated carbocycles. The molecule has 0 aliphatic carbocycles. The smallest absolute Gasteiger partial charge is 0.271 e. The molecule has 0 aliphatic heterocycles. The molecular weight excluding hydrogens is 299 g/mol. The van der Waals surface area contributed by atoms with Gasteiger partial charge in [0.25, 0.3) is 5.91 Å². The van der Waals surface area contributed by atoms with Crippen LogP contribution >= 0.6 is 23.2 Å². The lowest BCUT2D eigenvalue weighted by Gasteiger charge is -2.05. The van der Waals surface area contributed by atoms with Crippen molar-refractivity contribution in [2.45, 2.75) is 6.42 Å². The number of hydrogen-bond donors (Lipinski definition) is 1. The molecule has 1 rings (SSSR count). The van der Waals surface area contributed by atoms with E-state index < -0.39 is 15.7 Å². The molecule has 0 saturated heterocycles. The number of rotatable bonds is 5. The molecule has 0 aliphatic rings. The first-order chi connectivity index (χ1) is 8.29. The molecule has 0 aromatic carbocycles. The number of pyridine rings is 1. The predicted octanol–water partition coefficient (Wildman–Crippen LogP) is 1.55. The fraction of sp³-hybridized carbons (Fsp3) is 0.400. The number of carbonyl (C=O) groups excluding carboxylic acids is 1. The molecule has 8 heteroatoms. The molecule has 0 fully saturated rings. The zero-order valence-corrected chi connectivity index (χ0v) is 11.9. The first-order valence-electron chi connectivity index (χ1n) is 5.07. The van der Waals surface area contributed by atoms with Crippen LogP contribution in [0.4, 0.5) is 0 Å². The van der Waals surface area contributed by atoms with Gasteiger partial charge in [-0.05, 0) is 18.6 Å². The second-order valence-corrected chi connectivity index (χ2v) is 6.76. The van der Waals surface area contributed by atoms with E-state index in [9.17, 15) is 13.2 Å². The Bertz CT molecular complexity index is 546. The predicted molar refractivity (Wildman–Crippen MR) is 70.9 cm³/mol. The Morgan fingerprint density at radius 3 is 2.67 bits per heavy atom. The lowest BCUT2D eigenvalue weighted by Crippen LogP contribution is -2.27. The molecule has 1 amide bonds. The summed E-state index contributed by atoms with van der Waals surface area (Å²) in [5.41, 5.74) is 0.0310. The Morgan fingerprint density at radius 2 is 2.06 bits per heavy atom. The van der Waals surface area contributed by atoms with Gasteiger partial charge < -0.3 is 5.32 Å². The lowest BCUT2D eigenvalue weighted by atomic mass is 10.3. The molecule has 0 bridgehead atoms. The zero-order chi connectivity index (χ0) is 13.8. The van der Waals surface area contributed by atoms with Crippen LogP contribution in [0.2, 0.25) is 10.2 Å². The van der Waals surface area contributed by atoms with E-state index in [2.05, 4.69) is 10.3 Å². The van der Waals surface area contributed by atoms with Crippen molar-refractivity contribution >= 4 is 38.9 Å². The Balaban J connectivity index is 2.53. The molecule has 1 aromatic rings. The minimum absolute atomic E-state index is 0.0178. The molecular formula is C10H12Cl2N2O3S. The van der Waals surface area contributed by atoms with Gasteiger partial charge in [0.1, 0.15) is 20.7 Å². The van der Waals surface area contributed by atoms with Gasteiger partial charge in [-0.1, -0.05) is 23.2 Å². The van der Waals surface area contributed by atoms with E-state index in [0.29, 0.717) is 6.42 Å². The standard InChI is InChI=1S/C10H12Cl2N2O3S/c1-18(16,17)6-2-5-13-10(15)9-7(11)3-4-8(12)14-9/h3-4H,2,5-6H2,1H3,(H,13,15). The molecule has 0 unspecified atom stereocenters. The summed E-state index contributed by atoms with van der Waals surface area (Å²) >= 11 is 11.5. The molecule has 5 nitrogen and oxygen atoms in total. The van der Waals surface area contributed by atoms with Crippen molar-refractivity contribution in [2.24, 2.45) is 0 Å². The minimum atomic E-state index is -3.02. The Hall–Kier alpha value is -0.850. The van der Waals surface area contributed by atoms with Gasteiger partial charge in [0.2, 0.25) is 0 Å². The third-order valence-electron chi connectivity index (χ3n) is 2.00. The van der Waals surface area contributed by atoms with Crippen molar-refractivity contribution in [1.29, 1.82) is 0 Å². The molecule has 0 spiro atoms. The maximum absolute atomic E-state index is 11.7. The van der Waals surface area contributed by atoms with Crippen molar-refractivity contribution in [3.8, 4) is 0 Å². The van der Waals surface area contributed by atoms with Gasteiger partial charge in [-0.25, -0.2) is 13.4 Å². The number of hydrogen-bond acceptors (Lipinski definition) is 4. The Morgan fingerprint density at radius 1 is 1.39 bits per heavy atom. The second-order valence-electron chi connectivity index (χ2n) is 3.70. The van der Waals surface area contributed by atoms with Gasteiger partial charge in [-0.2, -0.15) is 0 Å². The Labute approximate surface area is 115 Å². The monoisotopic (exact) mass is 310 g/mol. The van der Waals surface area contributed by atoms with Crippen molar-refractivity contribution < 1.29 is 13.2 Å². The molecule has 1 heterocycles. The largest absolute Gasteiger partial charge is 0.351 e. The summed E-state index contributed by atoms with van der Waals surface area (Å²) in [5, 5.41) is 2.89. The maximum atomic E-state index is 11.7. The average Bonchev–Trinajstić information content (AvgIpc) is 2.26. The van der Waals surface area contributed by atoms with E-state index in [1.165, 1.54) is 12.1 Å². The third-order valence-corrected chi connectivity index (χ3v) is 3.55. The van der Waals surface area contributed by atoms with Crippen LogP contribution < -0.4 is 5.32 Å². The van der Waals surface area contributed by atoms with Crippen LogP contribution in [0.5, 0.6) is 0 Å². The van der Waals surface area contributed by atoms with Crippen LogP contribution in [0, 0.1) is 0 Å². The first-order valence-corrected chi connectivity index (χ1v) is 7.89. The number of halogens is 2. The van der Waals surface area contributed by atoms with Gasteiger partial charge in [-0.3, -0.25) is 4.79 Å². The summed E-state index contributed by atoms with van der Waals surface area (Å²) in [6, 6.07) is 2.95. The number of nitrogens with one attached hydrogen (secondary N) is 1. The number of aromatic nitrogens is 1. The van der Waals surface area contributed by atoms with E-state index in [4.69, 9.17) is 23.2 Å². The fourth-order valence-electron chi connectivity index (χ4n) is 1.20. The molecule has 18 heavy (non-hydrogen) atoms. The van der Waals surface area contributed by atoms with Crippen LogP contribution in [0.1, 0.15) is 16.9 Å². The van der Waals surface area contributed by atoms with E-state index >= 15 is 0 Å². The highest BCUT2D eigenvalue weighted by Gasteiger charge is 2.12. The SMILES string of the molecule is CS(=O)(=O)CCCNC(=O)c1nc(Cl)ccc1Cl. The topological polar surface area (TPSA) is 76.1 Å². The van der Waals surface area contributed by atoms with Gasteiger partial charge >= 0.3 is 0 Å².